The summed E-state index contributed by atoms with van der Waals surface area (Å²) in [5, 5.41) is 11.5. The van der Waals surface area contributed by atoms with Crippen molar-refractivity contribution in [1.82, 2.24) is 19.2 Å². The number of carbonyl (C=O) groups is 1. The summed E-state index contributed by atoms with van der Waals surface area (Å²) in [4.78, 5) is 33.1. The van der Waals surface area contributed by atoms with Crippen molar-refractivity contribution < 1.29 is 18.1 Å². The third-order valence-corrected chi connectivity index (χ3v) is 8.89. The van der Waals surface area contributed by atoms with Crippen LogP contribution in [-0.4, -0.2) is 57.3 Å². The second-order valence-corrected chi connectivity index (χ2v) is 11.4. The first-order valence-corrected chi connectivity index (χ1v) is 13.9. The molecule has 5 rings (SSSR count). The zero-order chi connectivity index (χ0) is 26.2. The molecule has 1 saturated heterocycles. The summed E-state index contributed by atoms with van der Waals surface area (Å²) < 4.78 is 28.5. The first-order valence-electron chi connectivity index (χ1n) is 11.4. The largest absolute Gasteiger partial charge is 0.333 e. The fourth-order valence-corrected chi connectivity index (χ4v) is 6.65. The predicted octanol–water partition coefficient (Wildman–Crippen LogP) is 4.10. The van der Waals surface area contributed by atoms with Crippen molar-refractivity contribution in [3.05, 3.63) is 94.0 Å². The summed E-state index contributed by atoms with van der Waals surface area (Å²) >= 11 is 1.16. The van der Waals surface area contributed by atoms with Crippen molar-refractivity contribution in [2.75, 3.05) is 18.8 Å². The molecule has 4 aromatic rings. The highest BCUT2D eigenvalue weighted by atomic mass is 32.2. The lowest BCUT2D eigenvalue weighted by Gasteiger charge is -2.30. The second kappa shape index (κ2) is 9.96. The number of H-pyrrole nitrogens is 1. The molecule has 1 aromatic heterocycles. The number of non-ortho nitro benzene ring substituents is 1. The lowest BCUT2D eigenvalue weighted by molar-refractivity contribution is -0.384. The summed E-state index contributed by atoms with van der Waals surface area (Å²) in [5.41, 5.74) is 2.66. The molecule has 3 aromatic carbocycles. The maximum atomic E-state index is 13.6. The molecule has 2 heterocycles. The number of hydrogen-bond acceptors (Lipinski definition) is 7. The molecule has 0 bridgehead atoms. The number of sulfonamides is 1. The number of nitro benzene ring substituents is 1. The van der Waals surface area contributed by atoms with E-state index in [1.165, 1.54) is 16.4 Å². The van der Waals surface area contributed by atoms with Crippen LogP contribution >= 0.6 is 11.8 Å². The van der Waals surface area contributed by atoms with Gasteiger partial charge >= 0.3 is 0 Å². The molecule has 1 amide bonds. The van der Waals surface area contributed by atoms with Gasteiger partial charge in [0.25, 0.3) is 5.69 Å². The molecule has 10 nitrogen and oxygen atoms in total. The maximum Gasteiger partial charge on any atom is 0.271 e. The number of nitro groups is 1. The van der Waals surface area contributed by atoms with E-state index in [9.17, 15) is 23.3 Å². The highest BCUT2D eigenvalue weighted by molar-refractivity contribution is 7.99. The number of hydrogen-bond donors (Lipinski definition) is 1. The Balaban J connectivity index is 1.38. The minimum absolute atomic E-state index is 0.0175. The number of nitrogens with one attached hydrogen (secondary N) is 1. The number of thioether (sulfide) groups is 1. The molecule has 1 aliphatic rings. The van der Waals surface area contributed by atoms with E-state index in [1.54, 1.807) is 35.2 Å². The van der Waals surface area contributed by atoms with Crippen molar-refractivity contribution in [2.24, 2.45) is 0 Å². The van der Waals surface area contributed by atoms with E-state index in [0.717, 1.165) is 17.3 Å². The van der Waals surface area contributed by atoms with Gasteiger partial charge in [0.2, 0.25) is 15.9 Å². The molecule has 0 spiro atoms. The van der Waals surface area contributed by atoms with Gasteiger partial charge in [-0.05, 0) is 30.7 Å². The Morgan fingerprint density at radius 3 is 2.54 bits per heavy atom. The number of amides is 1. The zero-order valence-electron chi connectivity index (χ0n) is 19.8. The Bertz CT molecular complexity index is 1570. The van der Waals surface area contributed by atoms with E-state index in [1.807, 2.05) is 37.3 Å². The molecule has 0 saturated carbocycles. The average Bonchev–Trinajstić information content (AvgIpc) is 3.52. The summed E-state index contributed by atoms with van der Waals surface area (Å²) in [6, 6.07) is 20.1. The molecule has 12 heteroatoms. The standard InChI is InChI=1S/C25H23N5O5S2/c1-17-7-10-20(11-8-17)37(34,35)29-14-13-28(24(29)18-5-3-2-4-6-18)23(31)16-36-25-26-21-12-9-19(30(32)33)15-22(21)27-25/h2-12,15,24H,13-14,16H2,1H3,(H,26,27). The number of aromatic nitrogens is 2. The highest BCUT2D eigenvalue weighted by Gasteiger charge is 2.43. The fraction of sp³-hybridized carbons (Fsp3) is 0.200. The van der Waals surface area contributed by atoms with Crippen LogP contribution < -0.4 is 0 Å². The number of fused-ring (bicyclic) bond motifs is 1. The average molecular weight is 538 g/mol. The van der Waals surface area contributed by atoms with Crippen LogP contribution in [0.2, 0.25) is 0 Å². The Kier molecular flexibility index (Phi) is 6.71. The van der Waals surface area contributed by atoms with Crippen LogP contribution in [0, 0.1) is 17.0 Å². The van der Waals surface area contributed by atoms with Gasteiger partial charge in [0.1, 0.15) is 6.17 Å². The van der Waals surface area contributed by atoms with Gasteiger partial charge in [-0.25, -0.2) is 13.4 Å². The van der Waals surface area contributed by atoms with Gasteiger partial charge in [-0.1, -0.05) is 59.8 Å². The van der Waals surface area contributed by atoms with Crippen molar-refractivity contribution in [1.29, 1.82) is 0 Å². The van der Waals surface area contributed by atoms with Crippen molar-refractivity contribution in [2.45, 2.75) is 23.1 Å². The molecular weight excluding hydrogens is 514 g/mol. The van der Waals surface area contributed by atoms with Crippen LogP contribution in [0.5, 0.6) is 0 Å². The molecule has 190 valence electrons. The van der Waals surface area contributed by atoms with Crippen LogP contribution in [0.1, 0.15) is 17.3 Å². The van der Waals surface area contributed by atoms with E-state index < -0.39 is 21.1 Å². The molecule has 1 fully saturated rings. The second-order valence-electron chi connectivity index (χ2n) is 8.59. The van der Waals surface area contributed by atoms with Crippen LogP contribution in [0.3, 0.4) is 0 Å². The third kappa shape index (κ3) is 4.95. The fourth-order valence-electron chi connectivity index (χ4n) is 4.31. The smallest absolute Gasteiger partial charge is 0.271 e. The van der Waals surface area contributed by atoms with Gasteiger partial charge in [-0.15, -0.1) is 0 Å². The summed E-state index contributed by atoms with van der Waals surface area (Å²) in [7, 11) is -3.86. The lowest BCUT2D eigenvalue weighted by atomic mass is 10.1. The minimum atomic E-state index is -3.86. The van der Waals surface area contributed by atoms with E-state index in [0.29, 0.717) is 21.8 Å². The van der Waals surface area contributed by atoms with Crippen LogP contribution in [0.4, 0.5) is 5.69 Å². The Morgan fingerprint density at radius 1 is 1.11 bits per heavy atom. The van der Waals surface area contributed by atoms with E-state index in [2.05, 4.69) is 9.97 Å². The van der Waals surface area contributed by atoms with Crippen LogP contribution in [-0.2, 0) is 14.8 Å². The van der Waals surface area contributed by atoms with Crippen molar-refractivity contribution >= 4 is 44.4 Å². The number of rotatable bonds is 7. The van der Waals surface area contributed by atoms with Gasteiger partial charge < -0.3 is 9.88 Å². The van der Waals surface area contributed by atoms with E-state index in [-0.39, 0.29) is 35.3 Å². The van der Waals surface area contributed by atoms with Gasteiger partial charge in [0.15, 0.2) is 5.16 Å². The number of aromatic amines is 1. The molecule has 1 unspecified atom stereocenters. The summed E-state index contributed by atoms with van der Waals surface area (Å²) in [5.74, 6) is -0.226. The molecular formula is C25H23N5O5S2. The number of benzene rings is 3. The topological polar surface area (TPSA) is 130 Å². The first kappa shape index (κ1) is 24.9. The lowest BCUT2D eigenvalue weighted by Crippen LogP contribution is -2.38. The number of carbonyl (C=O) groups excluding carboxylic acids is 1. The minimum Gasteiger partial charge on any atom is -0.333 e. The van der Waals surface area contributed by atoms with Gasteiger partial charge in [-0.2, -0.15) is 4.31 Å². The van der Waals surface area contributed by atoms with Crippen molar-refractivity contribution in [3.8, 4) is 0 Å². The number of aryl methyl sites for hydroxylation is 1. The zero-order valence-corrected chi connectivity index (χ0v) is 21.4. The van der Waals surface area contributed by atoms with Gasteiger partial charge in [0.05, 0.1) is 26.6 Å². The molecule has 1 atom stereocenters. The molecule has 1 aliphatic heterocycles. The highest BCUT2D eigenvalue weighted by Crippen LogP contribution is 2.36. The number of imidazole rings is 1. The maximum absolute atomic E-state index is 13.6. The SMILES string of the molecule is Cc1ccc(S(=O)(=O)N2CCN(C(=O)CSc3nc4ccc([N+](=O)[O-])cc4[nH]3)C2c2ccccc2)cc1. The predicted molar refractivity (Wildman–Crippen MR) is 139 cm³/mol. The molecule has 1 N–H and O–H groups in total. The first-order chi connectivity index (χ1) is 17.7. The Labute approximate surface area is 217 Å². The molecule has 0 radical (unpaired) electrons. The van der Waals surface area contributed by atoms with E-state index in [4.69, 9.17) is 0 Å². The van der Waals surface area contributed by atoms with Gasteiger partial charge in [0, 0.05) is 25.2 Å². The quantitative estimate of drug-likeness (QED) is 0.213. The Hall–Kier alpha value is -3.74. The van der Waals surface area contributed by atoms with E-state index >= 15 is 0 Å². The third-order valence-electron chi connectivity index (χ3n) is 6.16. The van der Waals surface area contributed by atoms with Crippen LogP contribution in [0.25, 0.3) is 11.0 Å². The normalized spacial score (nSPS) is 16.4. The van der Waals surface area contributed by atoms with Gasteiger partial charge in [-0.3, -0.25) is 14.9 Å². The number of nitrogens with zero attached hydrogens (tertiary/aromatic N) is 4. The summed E-state index contributed by atoms with van der Waals surface area (Å²) in [6.45, 7) is 2.30. The van der Waals surface area contributed by atoms with Crippen molar-refractivity contribution in [3.63, 3.8) is 0 Å². The summed E-state index contributed by atoms with van der Waals surface area (Å²) in [6.07, 6.45) is -0.779. The Morgan fingerprint density at radius 2 is 1.84 bits per heavy atom. The molecule has 37 heavy (non-hydrogen) atoms. The monoisotopic (exact) mass is 537 g/mol. The van der Waals surface area contributed by atoms with Crippen LogP contribution in [0.15, 0.2) is 82.8 Å². The molecule has 0 aliphatic carbocycles.